The number of oxime groups is 1. The van der Waals surface area contributed by atoms with Crippen LogP contribution in [0, 0.1) is 47.3 Å². The van der Waals surface area contributed by atoms with Crippen LogP contribution >= 0.6 is 0 Å². The molecule has 1 aliphatic carbocycles. The van der Waals surface area contributed by atoms with Crippen LogP contribution in [0.25, 0.3) is 0 Å². The molecule has 3 N–H and O–H groups in total. The Balaban J connectivity index is 1.61. The zero-order valence-electron chi connectivity index (χ0n) is 46.1. The summed E-state index contributed by atoms with van der Waals surface area (Å²) in [6, 6.07) is 0.0918. The van der Waals surface area contributed by atoms with Gasteiger partial charge in [-0.2, -0.15) is 0 Å². The maximum atomic E-state index is 15.3. The Kier molecular flexibility index (Phi) is 22.3. The van der Waals surface area contributed by atoms with Crippen LogP contribution in [-0.4, -0.2) is 182 Å². The molecule has 22 atom stereocenters. The van der Waals surface area contributed by atoms with E-state index in [2.05, 4.69) is 17.0 Å². The van der Waals surface area contributed by atoms with Gasteiger partial charge in [0.05, 0.1) is 54.7 Å². The number of rotatable bonds is 16. The second kappa shape index (κ2) is 26.6. The summed E-state index contributed by atoms with van der Waals surface area (Å²) in [6.45, 7) is 25.2. The first kappa shape index (κ1) is 60.5. The molecule has 19 nitrogen and oxygen atoms in total. The monoisotopic (exact) mass is 1030 g/mol. The topological polar surface area (TPSA) is 229 Å². The van der Waals surface area contributed by atoms with Crippen molar-refractivity contribution in [1.29, 1.82) is 0 Å². The predicted molar refractivity (Wildman–Crippen MR) is 264 cm³/mol. The van der Waals surface area contributed by atoms with Gasteiger partial charge >= 0.3 is 11.9 Å². The molecule has 5 fully saturated rings. The summed E-state index contributed by atoms with van der Waals surface area (Å²) in [5.41, 5.74) is -1.69. The largest absolute Gasteiger partial charge is 0.461 e. The molecule has 1 saturated carbocycles. The number of ketones is 1. The minimum absolute atomic E-state index is 0.0546. The molecule has 416 valence electrons. The number of carbonyl (C=O) groups excluding carboxylic acids is 3. The summed E-state index contributed by atoms with van der Waals surface area (Å²) in [5, 5.41) is 39.0. The molecule has 1 unspecified atom stereocenters. The first-order valence-corrected chi connectivity index (χ1v) is 26.6. The molecule has 72 heavy (non-hydrogen) atoms. The van der Waals surface area contributed by atoms with Gasteiger partial charge in [0, 0.05) is 70.4 Å². The smallest absolute Gasteiger partial charge is 0.311 e. The highest BCUT2D eigenvalue weighted by Crippen LogP contribution is 2.40. The van der Waals surface area contributed by atoms with Crippen LogP contribution in [0.2, 0.25) is 0 Å². The van der Waals surface area contributed by atoms with Gasteiger partial charge in [-0.25, -0.2) is 0 Å². The van der Waals surface area contributed by atoms with E-state index < -0.39 is 139 Å². The van der Waals surface area contributed by atoms with Crippen molar-refractivity contribution in [2.45, 2.75) is 226 Å². The van der Waals surface area contributed by atoms with Crippen molar-refractivity contribution < 1.29 is 81.9 Å². The number of Topliss-reactive ketones (excluding diaryl/α,β-unsaturated/α-hetero) is 1. The third-order valence-electron chi connectivity index (χ3n) is 15.6. The van der Waals surface area contributed by atoms with E-state index in [1.165, 1.54) is 41.1 Å². The number of carbonyl (C=O) groups is 3. The fraction of sp³-hybridized carbons (Fsp3) is 0.925. The highest BCUT2D eigenvalue weighted by Gasteiger charge is 2.51. The number of nitrogens with zero attached hydrogens (tertiary/aromatic N) is 2. The van der Waals surface area contributed by atoms with Crippen LogP contribution in [0.4, 0.5) is 0 Å². The number of esters is 2. The van der Waals surface area contributed by atoms with E-state index in [0.29, 0.717) is 24.6 Å². The van der Waals surface area contributed by atoms with E-state index in [0.717, 1.165) is 6.54 Å². The number of methoxy groups -OCH3 is 2. The molecule has 19 heteroatoms. The quantitative estimate of drug-likeness (QED) is 0.136. The maximum Gasteiger partial charge on any atom is 0.311 e. The van der Waals surface area contributed by atoms with Gasteiger partial charge in [0.1, 0.15) is 49.3 Å². The summed E-state index contributed by atoms with van der Waals surface area (Å²) < 4.78 is 63.6. The van der Waals surface area contributed by atoms with Crippen LogP contribution in [0.5, 0.6) is 0 Å². The van der Waals surface area contributed by atoms with E-state index in [-0.39, 0.29) is 43.9 Å². The van der Waals surface area contributed by atoms with Gasteiger partial charge in [-0.05, 0) is 78.6 Å². The number of aliphatic hydroxyl groups excluding tert-OH is 2. The Bertz CT molecular complexity index is 1770. The first-order chi connectivity index (χ1) is 33.8. The molecular weight excluding hydrogens is 937 g/mol. The van der Waals surface area contributed by atoms with Crippen LogP contribution in [0.3, 0.4) is 0 Å². The summed E-state index contributed by atoms with van der Waals surface area (Å²) in [5.74, 6) is -6.14. The molecule has 0 spiro atoms. The number of ether oxygens (including phenoxy) is 10. The second-order valence-corrected chi connectivity index (χ2v) is 22.8. The highest BCUT2D eigenvalue weighted by molar-refractivity contribution is 5.90. The van der Waals surface area contributed by atoms with E-state index in [1.807, 2.05) is 48.5 Å². The van der Waals surface area contributed by atoms with Gasteiger partial charge in [0.15, 0.2) is 24.7 Å². The van der Waals surface area contributed by atoms with Gasteiger partial charge in [0.2, 0.25) is 0 Å². The van der Waals surface area contributed by atoms with E-state index in [9.17, 15) is 24.9 Å². The van der Waals surface area contributed by atoms with E-state index in [4.69, 9.17) is 52.2 Å². The van der Waals surface area contributed by atoms with Crippen molar-refractivity contribution in [3.63, 3.8) is 0 Å². The summed E-state index contributed by atoms with van der Waals surface area (Å²) in [6.07, 6.45) is -9.26. The number of hydrogen-bond donors (Lipinski definition) is 3. The Morgan fingerprint density at radius 2 is 1.49 bits per heavy atom. The zero-order chi connectivity index (χ0) is 53.5. The Labute approximate surface area is 428 Å². The van der Waals surface area contributed by atoms with E-state index in [1.54, 1.807) is 27.7 Å². The first-order valence-electron chi connectivity index (χ1n) is 26.6. The molecule has 0 radical (unpaired) electrons. The minimum Gasteiger partial charge on any atom is -0.461 e. The lowest BCUT2D eigenvalue weighted by Crippen LogP contribution is -2.59. The number of hydrogen-bond acceptors (Lipinski definition) is 19. The zero-order valence-corrected chi connectivity index (χ0v) is 46.1. The molecule has 0 aromatic carbocycles. The highest BCUT2D eigenvalue weighted by atomic mass is 16.7. The van der Waals surface area contributed by atoms with Crippen molar-refractivity contribution in [3.05, 3.63) is 0 Å². The molecular formula is C53H92N2O17. The minimum atomic E-state index is -2.01. The van der Waals surface area contributed by atoms with Crippen molar-refractivity contribution in [2.24, 2.45) is 52.5 Å². The van der Waals surface area contributed by atoms with Crippen LogP contribution in [0.15, 0.2) is 5.16 Å². The van der Waals surface area contributed by atoms with Crippen LogP contribution < -0.4 is 0 Å². The molecule has 5 aliphatic rings. The molecule has 0 amide bonds. The fourth-order valence-electron chi connectivity index (χ4n) is 11.5. The maximum absolute atomic E-state index is 15.3. The summed E-state index contributed by atoms with van der Waals surface area (Å²) in [7, 11) is 4.33. The standard InChI is InChI=1S/C53H92N2O17/c1-26(2)19-39(56)69-45-33(9)44(28(4)25-65-52-48(63-15)47(62-14)41(57)36(12)68-52)71-50(60)35(11)46(70-40-20-29(5)55(23-31(7)66-40)24-37-17-18-37)32(8)43(27(3)22-53(13,61)49(59)34(45)10)72-51-42(58)38(54-64-16)21-30(6)67-51/h26-37,40-48,51-52,57-58,61H,17-25H2,1-16H3/b54-38+/t27-,28-,29?,30+,31-,32+,33-,34+,35+,36+,40-,41+,42+,43-,44+,45+,46-,47+,48+,51-,52+,53-/m0/s1. The molecule has 0 aromatic rings. The van der Waals surface area contributed by atoms with Crippen molar-refractivity contribution in [2.75, 3.05) is 41.0 Å². The lowest BCUT2D eigenvalue weighted by Gasteiger charge is -2.44. The van der Waals surface area contributed by atoms with E-state index >= 15 is 4.79 Å². The summed E-state index contributed by atoms with van der Waals surface area (Å²) in [4.78, 5) is 51.4. The van der Waals surface area contributed by atoms with Crippen LogP contribution in [-0.2, 0) is 66.6 Å². The van der Waals surface area contributed by atoms with Gasteiger partial charge in [-0.1, -0.05) is 53.6 Å². The van der Waals surface area contributed by atoms with Crippen LogP contribution in [0.1, 0.15) is 129 Å². The fourth-order valence-corrected chi connectivity index (χ4v) is 11.5. The average molecular weight is 1030 g/mol. The van der Waals surface area contributed by atoms with Gasteiger partial charge in [0.25, 0.3) is 0 Å². The molecule has 5 rings (SSSR count). The van der Waals surface area contributed by atoms with Gasteiger partial charge in [-0.3, -0.25) is 19.3 Å². The third kappa shape index (κ3) is 15.4. The molecule has 0 bridgehead atoms. The molecule has 4 heterocycles. The SMILES string of the molecule is CO/N=C1\C[C@@H](C)O[C@@H](O[C@@H]2[C@@H](C)[C@H](O[C@H]3CC(C)N(CC4CC4)C[C@H](C)O3)[C@@H](C)C(=O)O[C@H]([C@@H](C)CO[C@@H]3O[C@H](C)[C@@H](O)[C@@H](OC)[C@H]3OC)[C@H](C)[C@@H](OC(=O)CC(C)C)[C@@H](C)C(=O)[C@@](C)(O)C[C@@H]2C)[C@@H]1O. The van der Waals surface area contributed by atoms with Gasteiger partial charge < -0.3 is 67.5 Å². The van der Waals surface area contributed by atoms with Crippen molar-refractivity contribution in [3.8, 4) is 0 Å². The Morgan fingerprint density at radius 1 is 0.819 bits per heavy atom. The molecule has 4 aliphatic heterocycles. The summed E-state index contributed by atoms with van der Waals surface area (Å²) >= 11 is 0. The molecule has 4 saturated heterocycles. The number of aliphatic hydroxyl groups is 3. The van der Waals surface area contributed by atoms with Crippen molar-refractivity contribution in [1.82, 2.24) is 4.90 Å². The van der Waals surface area contributed by atoms with Gasteiger partial charge in [-0.15, -0.1) is 0 Å². The Hall–Kier alpha value is -2.40. The number of cyclic esters (lactones) is 1. The predicted octanol–water partition coefficient (Wildman–Crippen LogP) is 5.05. The molecule has 0 aromatic heterocycles. The lowest BCUT2D eigenvalue weighted by molar-refractivity contribution is -0.305. The average Bonchev–Trinajstić information content (AvgIpc) is 4.15. The second-order valence-electron chi connectivity index (χ2n) is 22.8. The third-order valence-corrected chi connectivity index (χ3v) is 15.6. The normalized spacial score (nSPS) is 43.4. The lowest BCUT2D eigenvalue weighted by atomic mass is 9.74. The Morgan fingerprint density at radius 3 is 2.10 bits per heavy atom. The van der Waals surface area contributed by atoms with Crippen molar-refractivity contribution >= 4 is 23.4 Å².